The molecule has 248 valence electrons. The van der Waals surface area contributed by atoms with Gasteiger partial charge in [-0.25, -0.2) is 0 Å². The molecule has 1 aliphatic heterocycles. The topological polar surface area (TPSA) is 125 Å². The molecule has 8 heteroatoms. The molecule has 12 atom stereocenters. The molecule has 0 spiro atoms. The lowest BCUT2D eigenvalue weighted by atomic mass is 9.63. The molecule has 0 radical (unpaired) electrons. The summed E-state index contributed by atoms with van der Waals surface area (Å²) in [4.78, 5) is 24.7. The van der Waals surface area contributed by atoms with Gasteiger partial charge in [-0.3, -0.25) is 15.3 Å². The number of carbonyl (C=O) groups excluding carboxylic acids is 2. The molecule has 2 bridgehead atoms. The number of quaternary nitrogens is 1. The number of nitrogens with two attached hydrogens (primary N) is 2. The van der Waals surface area contributed by atoms with Gasteiger partial charge in [0.15, 0.2) is 0 Å². The van der Waals surface area contributed by atoms with Gasteiger partial charge >= 0.3 is 11.9 Å². The first-order chi connectivity index (χ1) is 20.5. The average Bonchev–Trinajstić information content (AvgIpc) is 2.93. The van der Waals surface area contributed by atoms with Crippen LogP contribution in [-0.4, -0.2) is 61.3 Å². The molecule has 4 rings (SSSR count). The van der Waals surface area contributed by atoms with E-state index in [9.17, 15) is 14.7 Å². The number of esters is 2. The molecular formula is C35H63N2O6+. The highest BCUT2D eigenvalue weighted by Crippen LogP contribution is 2.47. The molecule has 3 saturated carbocycles. The van der Waals surface area contributed by atoms with Gasteiger partial charge in [0, 0.05) is 33.8 Å². The Morgan fingerprint density at radius 2 is 1.70 bits per heavy atom. The van der Waals surface area contributed by atoms with Gasteiger partial charge in [-0.15, -0.1) is 0 Å². The van der Waals surface area contributed by atoms with E-state index in [0.717, 1.165) is 69.7 Å². The Morgan fingerprint density at radius 3 is 2.37 bits per heavy atom. The molecule has 8 nitrogen and oxygen atoms in total. The average molecular weight is 608 g/mol. The van der Waals surface area contributed by atoms with Crippen molar-refractivity contribution in [2.75, 3.05) is 13.7 Å². The van der Waals surface area contributed by atoms with Gasteiger partial charge in [0.05, 0.1) is 18.8 Å². The molecule has 1 saturated heterocycles. The quantitative estimate of drug-likeness (QED) is 0.294. The third-order valence-corrected chi connectivity index (χ3v) is 11.9. The van der Waals surface area contributed by atoms with E-state index in [2.05, 4.69) is 19.2 Å². The van der Waals surface area contributed by atoms with Crippen molar-refractivity contribution in [3.8, 4) is 0 Å². The molecule has 0 amide bonds. The summed E-state index contributed by atoms with van der Waals surface area (Å²) in [6, 6.07) is 0. The minimum atomic E-state index is -0.459. The summed E-state index contributed by atoms with van der Waals surface area (Å²) in [5.41, 5.74) is 6.34. The van der Waals surface area contributed by atoms with Crippen LogP contribution in [0.15, 0.2) is 0 Å². The predicted octanol–water partition coefficient (Wildman–Crippen LogP) is 4.56. The third kappa shape index (κ3) is 9.88. The fraction of sp³-hybridized carbons (Fsp3) is 0.943. The number of hydrogen-bond acceptors (Lipinski definition) is 7. The van der Waals surface area contributed by atoms with Crippen LogP contribution in [0.2, 0.25) is 0 Å². The van der Waals surface area contributed by atoms with Gasteiger partial charge in [0.1, 0.15) is 18.4 Å². The van der Waals surface area contributed by atoms with Crippen molar-refractivity contribution in [3.63, 3.8) is 0 Å². The van der Waals surface area contributed by atoms with E-state index in [-0.39, 0.29) is 36.4 Å². The fourth-order valence-electron chi connectivity index (χ4n) is 9.87. The zero-order valence-electron chi connectivity index (χ0n) is 27.8. The summed E-state index contributed by atoms with van der Waals surface area (Å²) < 4.78 is 17.8. The highest BCUT2D eigenvalue weighted by Gasteiger charge is 2.43. The Morgan fingerprint density at radius 1 is 0.930 bits per heavy atom. The van der Waals surface area contributed by atoms with Gasteiger partial charge < -0.3 is 24.6 Å². The molecule has 3 aliphatic carbocycles. The van der Waals surface area contributed by atoms with E-state index in [1.54, 1.807) is 7.11 Å². The molecule has 4 fully saturated rings. The van der Waals surface area contributed by atoms with Crippen molar-refractivity contribution in [1.29, 1.82) is 0 Å². The van der Waals surface area contributed by atoms with E-state index in [0.29, 0.717) is 41.9 Å². The highest BCUT2D eigenvalue weighted by molar-refractivity contribution is 5.66. The van der Waals surface area contributed by atoms with Crippen LogP contribution in [0.25, 0.3) is 0 Å². The van der Waals surface area contributed by atoms with Crippen molar-refractivity contribution in [3.05, 3.63) is 0 Å². The number of hydrogen-bond donors (Lipinski definition) is 3. The highest BCUT2D eigenvalue weighted by atomic mass is 16.6. The Balaban J connectivity index is 1.48. The van der Waals surface area contributed by atoms with Crippen LogP contribution < -0.4 is 11.1 Å². The monoisotopic (exact) mass is 607 g/mol. The first kappa shape index (κ1) is 34.6. The molecule has 0 aromatic rings. The Kier molecular flexibility index (Phi) is 13.2. The molecule has 7 unspecified atom stereocenters. The lowest BCUT2D eigenvalue weighted by Gasteiger charge is -2.44. The number of methoxy groups -OCH3 is 1. The number of aliphatic hydroxyl groups is 1. The van der Waals surface area contributed by atoms with Crippen LogP contribution in [0.3, 0.4) is 0 Å². The van der Waals surface area contributed by atoms with Crippen molar-refractivity contribution in [2.45, 2.75) is 148 Å². The molecule has 0 aromatic carbocycles. The zero-order chi connectivity index (χ0) is 31.1. The van der Waals surface area contributed by atoms with Crippen molar-refractivity contribution in [1.82, 2.24) is 0 Å². The Hall–Kier alpha value is -1.22. The van der Waals surface area contributed by atoms with E-state index >= 15 is 0 Å². The maximum absolute atomic E-state index is 12.4. The van der Waals surface area contributed by atoms with Crippen LogP contribution in [0.4, 0.5) is 0 Å². The van der Waals surface area contributed by atoms with Crippen molar-refractivity contribution in [2.24, 2.45) is 53.1 Å². The summed E-state index contributed by atoms with van der Waals surface area (Å²) in [5.74, 6) is 3.92. The second-order valence-corrected chi connectivity index (χ2v) is 15.2. The summed E-state index contributed by atoms with van der Waals surface area (Å²) in [6.07, 6.45) is 13.3. The van der Waals surface area contributed by atoms with Crippen molar-refractivity contribution >= 4 is 11.9 Å². The SMILES string of the molecule is COC1CC(CC[C@H](C[C@@H](OC(C)=O)C2CCC[C@H]3CC[C@@H](C(C)C)[C@H](C2)C3)OC(C)=O)C(C2CC[NH2+]C(N)C2)CC1O. The first-order valence-electron chi connectivity index (χ1n) is 17.7. The fourth-order valence-corrected chi connectivity index (χ4v) is 9.87. The lowest BCUT2D eigenvalue weighted by molar-refractivity contribution is -0.699. The maximum Gasteiger partial charge on any atom is 0.302 e. The van der Waals surface area contributed by atoms with E-state index in [1.165, 1.54) is 46.0 Å². The van der Waals surface area contributed by atoms with Gasteiger partial charge in [0.2, 0.25) is 0 Å². The minimum absolute atomic E-state index is 0.119. The van der Waals surface area contributed by atoms with Gasteiger partial charge in [-0.2, -0.15) is 0 Å². The van der Waals surface area contributed by atoms with Gasteiger partial charge in [-0.05, 0) is 105 Å². The lowest BCUT2D eigenvalue weighted by Crippen LogP contribution is -2.94. The number of piperidine rings is 1. The number of fused-ring (bicyclic) bond motifs is 2. The van der Waals surface area contributed by atoms with Crippen LogP contribution in [-0.2, 0) is 23.8 Å². The number of rotatable bonds is 11. The summed E-state index contributed by atoms with van der Waals surface area (Å²) in [5, 5.41) is 13.1. The first-order valence-corrected chi connectivity index (χ1v) is 17.7. The predicted molar refractivity (Wildman–Crippen MR) is 167 cm³/mol. The van der Waals surface area contributed by atoms with Crippen LogP contribution >= 0.6 is 0 Å². The summed E-state index contributed by atoms with van der Waals surface area (Å²) in [6.45, 7) is 8.76. The van der Waals surface area contributed by atoms with E-state index < -0.39 is 6.10 Å². The molecular weight excluding hydrogens is 544 g/mol. The third-order valence-electron chi connectivity index (χ3n) is 11.9. The normalized spacial score (nSPS) is 38.4. The molecule has 43 heavy (non-hydrogen) atoms. The summed E-state index contributed by atoms with van der Waals surface area (Å²) >= 11 is 0. The van der Waals surface area contributed by atoms with E-state index in [4.69, 9.17) is 19.9 Å². The Labute approximate surface area is 260 Å². The van der Waals surface area contributed by atoms with Crippen LogP contribution in [0.5, 0.6) is 0 Å². The second-order valence-electron chi connectivity index (χ2n) is 15.2. The number of carbonyl (C=O) groups is 2. The second kappa shape index (κ2) is 16.4. The number of ether oxygens (including phenoxy) is 3. The van der Waals surface area contributed by atoms with E-state index in [1.807, 2.05) is 0 Å². The Bertz CT molecular complexity index is 884. The summed E-state index contributed by atoms with van der Waals surface area (Å²) in [7, 11) is 1.69. The maximum atomic E-state index is 12.4. The smallest absolute Gasteiger partial charge is 0.302 e. The zero-order valence-corrected chi connectivity index (χ0v) is 27.8. The standard InChI is InChI=1S/C35H62N2O6/c1-21(2)30-12-9-24-7-6-8-27(16-28(30)15-24)33(43-23(4)39)19-29(42-22(3)38)11-10-25-17-34(41-5)32(40)20-31(25)26-13-14-37-35(36)18-26/h21,24-35,37,40H,6-20,36H2,1-5H3/p+1/t24-,25?,26?,27?,28-,29+,30-,31?,32?,33+,34?,35?/m0/s1. The molecule has 5 N–H and O–H groups in total. The number of aliphatic hydroxyl groups excluding tert-OH is 1. The molecule has 4 aliphatic rings. The van der Waals surface area contributed by atoms with Gasteiger partial charge in [0.25, 0.3) is 0 Å². The van der Waals surface area contributed by atoms with Crippen molar-refractivity contribution < 1.29 is 34.2 Å². The van der Waals surface area contributed by atoms with Gasteiger partial charge in [-0.1, -0.05) is 33.1 Å². The molecule has 0 aromatic heterocycles. The molecule has 1 heterocycles. The van der Waals surface area contributed by atoms with Crippen LogP contribution in [0.1, 0.15) is 118 Å². The van der Waals surface area contributed by atoms with Crippen LogP contribution in [0, 0.1) is 47.3 Å². The largest absolute Gasteiger partial charge is 0.462 e. The minimum Gasteiger partial charge on any atom is -0.462 e.